The highest BCUT2D eigenvalue weighted by molar-refractivity contribution is 6.77. The van der Waals surface area contributed by atoms with Gasteiger partial charge in [0.15, 0.2) is 35.1 Å². The summed E-state index contributed by atoms with van der Waals surface area (Å²) >= 11 is 6.06. The second kappa shape index (κ2) is 8.18. The van der Waals surface area contributed by atoms with Crippen LogP contribution in [0.1, 0.15) is 60.5 Å². The van der Waals surface area contributed by atoms with Crippen LogP contribution in [0.25, 0.3) is 11.2 Å². The quantitative estimate of drug-likeness (QED) is 0.509. The number of anilines is 1. The SMILES string of the molecule is Cc1nc2c(N)nc(Cl)nc2n1[C@@H]1O[C@H](C)C(=O)[C@H]1O[Si](C(C)C)(C(C)C)C(C)C. The van der Waals surface area contributed by atoms with E-state index in [9.17, 15) is 4.79 Å². The van der Waals surface area contributed by atoms with Gasteiger partial charge in [0, 0.05) is 0 Å². The van der Waals surface area contributed by atoms with Crippen molar-refractivity contribution in [3.8, 4) is 0 Å². The maximum atomic E-state index is 13.2. The molecule has 0 unspecified atom stereocenters. The van der Waals surface area contributed by atoms with Crippen LogP contribution in [0.2, 0.25) is 21.9 Å². The molecular formula is C20H32ClN5O3Si. The van der Waals surface area contributed by atoms with Gasteiger partial charge in [-0.2, -0.15) is 9.97 Å². The average Bonchev–Trinajstić information content (AvgIpc) is 3.08. The third kappa shape index (κ3) is 3.55. The molecule has 0 spiro atoms. The summed E-state index contributed by atoms with van der Waals surface area (Å²) in [6, 6.07) is 0. The van der Waals surface area contributed by atoms with Crippen LogP contribution in [-0.4, -0.2) is 45.8 Å². The van der Waals surface area contributed by atoms with E-state index in [1.54, 1.807) is 11.5 Å². The first-order valence-corrected chi connectivity index (χ1v) is 13.0. The zero-order chi connectivity index (χ0) is 22.5. The van der Waals surface area contributed by atoms with E-state index >= 15 is 0 Å². The average molecular weight is 454 g/mol. The standard InChI is InChI=1S/C20H32ClN5O3Si/c1-9(2)30(10(3)4,11(5)6)29-16-15(27)12(7)28-19(16)26-13(8)23-14-17(22)24-20(21)25-18(14)26/h9-12,16,19H,1-8H3,(H2,22,24,25)/t12-,16-,19-/m1/s1. The van der Waals surface area contributed by atoms with Crippen molar-refractivity contribution in [2.45, 2.75) is 90.4 Å². The second-order valence-corrected chi connectivity index (χ2v) is 14.8. The van der Waals surface area contributed by atoms with E-state index in [2.05, 4.69) is 56.5 Å². The number of fused-ring (bicyclic) bond motifs is 1. The molecule has 1 saturated heterocycles. The molecule has 3 rings (SSSR count). The summed E-state index contributed by atoms with van der Waals surface area (Å²) in [5.74, 6) is 0.741. The van der Waals surface area contributed by atoms with Gasteiger partial charge in [-0.1, -0.05) is 41.5 Å². The van der Waals surface area contributed by atoms with Crippen LogP contribution in [0.3, 0.4) is 0 Å². The number of rotatable bonds is 6. The Hall–Kier alpha value is -1.55. The molecule has 1 aliphatic rings. The Bertz CT molecular complexity index is 940. The predicted octanol–water partition coefficient (Wildman–Crippen LogP) is 4.42. The van der Waals surface area contributed by atoms with Gasteiger partial charge < -0.3 is 14.9 Å². The lowest BCUT2D eigenvalue weighted by molar-refractivity contribution is -0.126. The van der Waals surface area contributed by atoms with Gasteiger partial charge in [-0.15, -0.1) is 0 Å². The fourth-order valence-electron chi connectivity index (χ4n) is 5.04. The first kappa shape index (κ1) is 23.1. The van der Waals surface area contributed by atoms with Crippen LogP contribution in [0.4, 0.5) is 5.82 Å². The molecule has 3 atom stereocenters. The molecule has 0 aromatic carbocycles. The minimum Gasteiger partial charge on any atom is -0.402 e. The molecule has 166 valence electrons. The van der Waals surface area contributed by atoms with E-state index < -0.39 is 26.8 Å². The summed E-state index contributed by atoms with van der Waals surface area (Å²) in [6.45, 7) is 16.7. The monoisotopic (exact) mass is 453 g/mol. The minimum absolute atomic E-state index is 0.0197. The van der Waals surface area contributed by atoms with Crippen molar-refractivity contribution >= 4 is 42.7 Å². The first-order valence-electron chi connectivity index (χ1n) is 10.5. The molecule has 3 heterocycles. The lowest BCUT2D eigenvalue weighted by Crippen LogP contribution is -2.52. The van der Waals surface area contributed by atoms with Gasteiger partial charge in [0.25, 0.3) is 0 Å². The van der Waals surface area contributed by atoms with Crippen molar-refractivity contribution in [2.24, 2.45) is 0 Å². The van der Waals surface area contributed by atoms with E-state index in [1.807, 2.05) is 6.92 Å². The molecule has 0 bridgehead atoms. The molecule has 1 aliphatic heterocycles. The van der Waals surface area contributed by atoms with Crippen LogP contribution in [0.5, 0.6) is 0 Å². The molecule has 30 heavy (non-hydrogen) atoms. The molecule has 0 aliphatic carbocycles. The normalized spacial score (nSPS) is 22.9. The number of imidazole rings is 1. The predicted molar refractivity (Wildman–Crippen MR) is 120 cm³/mol. The van der Waals surface area contributed by atoms with Crippen molar-refractivity contribution in [1.29, 1.82) is 0 Å². The molecule has 2 aromatic rings. The van der Waals surface area contributed by atoms with Crippen molar-refractivity contribution in [3.05, 3.63) is 11.1 Å². The molecule has 2 N–H and O–H groups in total. The number of Topliss-reactive ketones (excluding diaryl/α,β-unsaturated/α-hetero) is 1. The smallest absolute Gasteiger partial charge is 0.226 e. The molecule has 10 heteroatoms. The summed E-state index contributed by atoms with van der Waals surface area (Å²) in [5, 5.41) is 0.0197. The van der Waals surface area contributed by atoms with E-state index in [-0.39, 0.29) is 16.9 Å². The summed E-state index contributed by atoms with van der Waals surface area (Å²) in [7, 11) is -2.34. The fraction of sp³-hybridized carbons (Fsp3) is 0.700. The summed E-state index contributed by atoms with van der Waals surface area (Å²) in [4.78, 5) is 26.0. The van der Waals surface area contributed by atoms with Crippen LogP contribution in [0, 0.1) is 6.92 Å². The van der Waals surface area contributed by atoms with Crippen molar-refractivity contribution in [3.63, 3.8) is 0 Å². The first-order chi connectivity index (χ1) is 13.9. The number of aryl methyl sites for hydroxylation is 1. The van der Waals surface area contributed by atoms with E-state index in [4.69, 9.17) is 26.5 Å². The summed E-state index contributed by atoms with van der Waals surface area (Å²) in [6.07, 6.45) is -2.03. The second-order valence-electron chi connectivity index (χ2n) is 9.01. The van der Waals surface area contributed by atoms with E-state index in [0.29, 0.717) is 33.6 Å². The largest absolute Gasteiger partial charge is 0.402 e. The Balaban J connectivity index is 2.15. The number of nitrogens with zero attached hydrogens (tertiary/aromatic N) is 4. The third-order valence-corrected chi connectivity index (χ3v) is 12.5. The topological polar surface area (TPSA) is 105 Å². The number of nitrogen functional groups attached to an aromatic ring is 1. The molecule has 2 aromatic heterocycles. The number of hydrogen-bond acceptors (Lipinski definition) is 7. The van der Waals surface area contributed by atoms with Gasteiger partial charge in [-0.25, -0.2) is 4.98 Å². The van der Waals surface area contributed by atoms with Crippen LogP contribution in [-0.2, 0) is 14.0 Å². The van der Waals surface area contributed by atoms with Crippen LogP contribution < -0.4 is 5.73 Å². The van der Waals surface area contributed by atoms with Crippen molar-refractivity contribution in [1.82, 2.24) is 19.5 Å². The summed E-state index contributed by atoms with van der Waals surface area (Å²) in [5.41, 5.74) is 7.87. The van der Waals surface area contributed by atoms with Crippen molar-refractivity contribution in [2.75, 3.05) is 5.73 Å². The van der Waals surface area contributed by atoms with E-state index in [1.165, 1.54) is 0 Å². The van der Waals surface area contributed by atoms with Gasteiger partial charge in [0.2, 0.25) is 13.6 Å². The zero-order valence-corrected chi connectivity index (χ0v) is 20.7. The van der Waals surface area contributed by atoms with Gasteiger partial charge in [-0.05, 0) is 42.1 Å². The number of nitrogens with two attached hydrogens (primary N) is 1. The maximum absolute atomic E-state index is 13.2. The van der Waals surface area contributed by atoms with Crippen molar-refractivity contribution < 1.29 is 14.0 Å². The number of carbonyl (C=O) groups excluding carboxylic acids is 1. The van der Waals surface area contributed by atoms with Gasteiger partial charge in [-0.3, -0.25) is 9.36 Å². The highest BCUT2D eigenvalue weighted by atomic mass is 35.5. The lowest BCUT2D eigenvalue weighted by Gasteiger charge is -2.44. The molecule has 1 fully saturated rings. The summed E-state index contributed by atoms with van der Waals surface area (Å²) < 4.78 is 14.8. The lowest BCUT2D eigenvalue weighted by atomic mass is 10.2. The Morgan fingerprint density at radius 2 is 1.67 bits per heavy atom. The number of ketones is 1. The van der Waals surface area contributed by atoms with Gasteiger partial charge in [0.1, 0.15) is 11.9 Å². The Morgan fingerprint density at radius 3 is 2.20 bits per heavy atom. The minimum atomic E-state index is -2.34. The van der Waals surface area contributed by atoms with Gasteiger partial charge in [0.05, 0.1) is 0 Å². The van der Waals surface area contributed by atoms with Crippen LogP contribution >= 0.6 is 11.6 Å². The fourth-order valence-corrected chi connectivity index (χ4v) is 10.7. The number of carbonyl (C=O) groups is 1. The highest BCUT2D eigenvalue weighted by Gasteiger charge is 2.53. The maximum Gasteiger partial charge on any atom is 0.226 e. The molecule has 0 radical (unpaired) electrons. The van der Waals surface area contributed by atoms with E-state index in [0.717, 1.165) is 0 Å². The molecule has 8 nitrogen and oxygen atoms in total. The number of aromatic nitrogens is 4. The Morgan fingerprint density at radius 1 is 1.10 bits per heavy atom. The highest BCUT2D eigenvalue weighted by Crippen LogP contribution is 2.46. The van der Waals surface area contributed by atoms with Gasteiger partial charge >= 0.3 is 0 Å². The zero-order valence-electron chi connectivity index (χ0n) is 18.9. The third-order valence-electron chi connectivity index (χ3n) is 6.29. The molecular weight excluding hydrogens is 422 g/mol. The Labute approximate surface area is 183 Å². The number of hydrogen-bond donors (Lipinski definition) is 1. The number of halogens is 1. The molecule has 0 amide bonds. The van der Waals surface area contributed by atoms with Crippen LogP contribution in [0.15, 0.2) is 0 Å². The number of ether oxygens (including phenoxy) is 1. The molecule has 0 saturated carbocycles. The Kier molecular flexibility index (Phi) is 6.30.